The minimum atomic E-state index is -0.700. The Morgan fingerprint density at radius 2 is 2.18 bits per heavy atom. The van der Waals surface area contributed by atoms with Crippen LogP contribution in [0.25, 0.3) is 17.0 Å². The molecule has 3 heterocycles. The molecule has 1 aromatic carbocycles. The van der Waals surface area contributed by atoms with Crippen LogP contribution in [-0.2, 0) is 20.9 Å². The van der Waals surface area contributed by atoms with E-state index in [1.165, 1.54) is 23.7 Å². The number of nitrogens with two attached hydrogens (primary N) is 1. The number of hydrogen-bond donors (Lipinski definition) is 1. The number of piperazine rings is 1. The van der Waals surface area contributed by atoms with Gasteiger partial charge >= 0.3 is 0 Å². The standard InChI is InChI=1S/C23H24BrN5O3S/c1-14(32-2)21-23(31)28(11-15-3-5-18-19(9-15)26-13-27-22(18)25)7-8-29(21)20(30)6-4-17-10-16(24)12-33-17/h3-6,9-10,12-14,21H,7-8,11H2,1-2H3,(H2,25,26,27)/b6-4+/t14-,21?/m1/s1. The molecule has 1 unspecified atom stereocenters. The second-order valence-corrected chi connectivity index (χ2v) is 9.65. The molecule has 1 fully saturated rings. The fraction of sp³-hybridized carbons (Fsp3) is 0.304. The number of nitrogen functional groups attached to an aromatic ring is 1. The van der Waals surface area contributed by atoms with Crippen LogP contribution in [0, 0.1) is 0 Å². The number of amides is 2. The van der Waals surface area contributed by atoms with Gasteiger partial charge in [0.1, 0.15) is 18.2 Å². The maximum Gasteiger partial charge on any atom is 0.248 e. The normalized spacial score (nSPS) is 17.8. The third-order valence-electron chi connectivity index (χ3n) is 5.69. The van der Waals surface area contributed by atoms with E-state index in [-0.39, 0.29) is 11.8 Å². The Morgan fingerprint density at radius 3 is 2.91 bits per heavy atom. The van der Waals surface area contributed by atoms with Crippen molar-refractivity contribution >= 4 is 61.9 Å². The van der Waals surface area contributed by atoms with E-state index in [9.17, 15) is 9.59 Å². The summed E-state index contributed by atoms with van der Waals surface area (Å²) < 4.78 is 6.45. The summed E-state index contributed by atoms with van der Waals surface area (Å²) in [5.74, 6) is 0.0736. The Balaban J connectivity index is 1.52. The highest BCUT2D eigenvalue weighted by molar-refractivity contribution is 9.10. The van der Waals surface area contributed by atoms with E-state index >= 15 is 0 Å². The third-order valence-corrected chi connectivity index (χ3v) is 7.35. The first-order valence-electron chi connectivity index (χ1n) is 10.4. The molecule has 172 valence electrons. The van der Waals surface area contributed by atoms with Crippen LogP contribution in [-0.4, -0.2) is 63.9 Å². The minimum absolute atomic E-state index is 0.140. The second-order valence-electron chi connectivity index (χ2n) is 7.79. The van der Waals surface area contributed by atoms with Crippen LogP contribution in [0.3, 0.4) is 0 Å². The molecule has 1 aliphatic heterocycles. The Bertz CT molecular complexity index is 1210. The first kappa shape index (κ1) is 23.3. The molecular formula is C23H24BrN5O3S. The van der Waals surface area contributed by atoms with Gasteiger partial charge in [-0.25, -0.2) is 9.97 Å². The number of fused-ring (bicyclic) bond motifs is 1. The van der Waals surface area contributed by atoms with E-state index in [4.69, 9.17) is 10.5 Å². The lowest BCUT2D eigenvalue weighted by Crippen LogP contribution is -2.62. The summed E-state index contributed by atoms with van der Waals surface area (Å²) in [6, 6.07) is 6.94. The van der Waals surface area contributed by atoms with Crippen LogP contribution >= 0.6 is 27.3 Å². The van der Waals surface area contributed by atoms with Crippen molar-refractivity contribution in [2.24, 2.45) is 0 Å². The molecule has 0 bridgehead atoms. The number of carbonyl (C=O) groups is 2. The fourth-order valence-corrected chi connectivity index (χ4v) is 5.23. The maximum absolute atomic E-state index is 13.4. The number of halogens is 1. The molecule has 0 radical (unpaired) electrons. The van der Waals surface area contributed by atoms with Crippen molar-refractivity contribution in [3.8, 4) is 0 Å². The van der Waals surface area contributed by atoms with E-state index in [1.807, 2.05) is 36.6 Å². The van der Waals surface area contributed by atoms with Crippen molar-refractivity contribution < 1.29 is 14.3 Å². The third kappa shape index (κ3) is 5.07. The number of anilines is 1. The van der Waals surface area contributed by atoms with Gasteiger partial charge in [0, 0.05) is 52.9 Å². The Morgan fingerprint density at radius 1 is 1.36 bits per heavy atom. The predicted octanol–water partition coefficient (Wildman–Crippen LogP) is 3.32. The molecule has 0 saturated carbocycles. The number of hydrogen-bond acceptors (Lipinski definition) is 7. The molecule has 0 aliphatic carbocycles. The van der Waals surface area contributed by atoms with Gasteiger partial charge in [-0.15, -0.1) is 11.3 Å². The zero-order valence-corrected chi connectivity index (χ0v) is 20.7. The number of benzene rings is 1. The van der Waals surface area contributed by atoms with Gasteiger partial charge < -0.3 is 20.3 Å². The van der Waals surface area contributed by atoms with Crippen molar-refractivity contribution in [1.82, 2.24) is 19.8 Å². The molecule has 2 atom stereocenters. The Labute approximate surface area is 204 Å². The molecule has 8 nitrogen and oxygen atoms in total. The topological polar surface area (TPSA) is 102 Å². The Kier molecular flexibility index (Phi) is 7.06. The molecule has 0 spiro atoms. The predicted molar refractivity (Wildman–Crippen MR) is 132 cm³/mol. The van der Waals surface area contributed by atoms with E-state index in [0.29, 0.717) is 25.5 Å². The van der Waals surface area contributed by atoms with Gasteiger partial charge in [0.05, 0.1) is 11.6 Å². The van der Waals surface area contributed by atoms with E-state index < -0.39 is 12.1 Å². The van der Waals surface area contributed by atoms with Gasteiger partial charge in [-0.05, 0) is 52.7 Å². The maximum atomic E-state index is 13.4. The zero-order chi connectivity index (χ0) is 23.5. The van der Waals surface area contributed by atoms with Gasteiger partial charge in [0.15, 0.2) is 0 Å². The largest absolute Gasteiger partial charge is 0.383 e. The number of ether oxygens (including phenoxy) is 1. The molecule has 3 aromatic rings. The van der Waals surface area contributed by atoms with Crippen molar-refractivity contribution in [3.05, 3.63) is 57.0 Å². The van der Waals surface area contributed by atoms with Crippen molar-refractivity contribution in [3.63, 3.8) is 0 Å². The highest BCUT2D eigenvalue weighted by Gasteiger charge is 2.40. The first-order chi connectivity index (χ1) is 15.9. The van der Waals surface area contributed by atoms with Crippen LogP contribution in [0.4, 0.5) is 5.82 Å². The lowest BCUT2D eigenvalue weighted by Gasteiger charge is -2.42. The number of thiophene rings is 1. The number of aromatic nitrogens is 2. The van der Waals surface area contributed by atoms with Gasteiger partial charge in [0.2, 0.25) is 11.8 Å². The van der Waals surface area contributed by atoms with Crippen LogP contribution in [0.5, 0.6) is 0 Å². The summed E-state index contributed by atoms with van der Waals surface area (Å²) in [7, 11) is 1.55. The molecule has 2 aromatic heterocycles. The quantitative estimate of drug-likeness (QED) is 0.491. The Hall–Kier alpha value is -2.82. The number of methoxy groups -OCH3 is 1. The molecule has 33 heavy (non-hydrogen) atoms. The van der Waals surface area contributed by atoms with Crippen LogP contribution < -0.4 is 5.73 Å². The fourth-order valence-electron chi connectivity index (χ4n) is 3.89. The summed E-state index contributed by atoms with van der Waals surface area (Å²) >= 11 is 4.95. The summed E-state index contributed by atoms with van der Waals surface area (Å²) in [6.07, 6.45) is 4.27. The average molecular weight is 530 g/mol. The van der Waals surface area contributed by atoms with E-state index in [2.05, 4.69) is 25.9 Å². The lowest BCUT2D eigenvalue weighted by molar-refractivity contribution is -0.155. The molecular weight excluding hydrogens is 506 g/mol. The molecule has 4 rings (SSSR count). The number of nitrogens with zero attached hydrogens (tertiary/aromatic N) is 4. The van der Waals surface area contributed by atoms with Crippen molar-refractivity contribution in [2.45, 2.75) is 25.6 Å². The smallest absolute Gasteiger partial charge is 0.248 e. The van der Waals surface area contributed by atoms with Gasteiger partial charge in [-0.2, -0.15) is 0 Å². The minimum Gasteiger partial charge on any atom is -0.383 e. The summed E-state index contributed by atoms with van der Waals surface area (Å²) in [4.78, 5) is 39.0. The van der Waals surface area contributed by atoms with Gasteiger partial charge in [-0.3, -0.25) is 9.59 Å². The molecule has 2 amide bonds. The first-order valence-corrected chi connectivity index (χ1v) is 12.1. The number of carbonyl (C=O) groups excluding carboxylic acids is 2. The number of rotatable bonds is 6. The van der Waals surface area contributed by atoms with E-state index in [1.54, 1.807) is 23.0 Å². The van der Waals surface area contributed by atoms with E-state index in [0.717, 1.165) is 25.8 Å². The summed E-state index contributed by atoms with van der Waals surface area (Å²) in [6.45, 7) is 3.07. The van der Waals surface area contributed by atoms with Crippen LogP contribution in [0.2, 0.25) is 0 Å². The van der Waals surface area contributed by atoms with Crippen molar-refractivity contribution in [2.75, 3.05) is 25.9 Å². The highest BCUT2D eigenvalue weighted by atomic mass is 79.9. The molecule has 1 saturated heterocycles. The lowest BCUT2D eigenvalue weighted by atomic mass is 10.0. The van der Waals surface area contributed by atoms with Gasteiger partial charge in [0.25, 0.3) is 0 Å². The molecule has 10 heteroatoms. The summed E-state index contributed by atoms with van der Waals surface area (Å²) in [5.41, 5.74) is 7.57. The highest BCUT2D eigenvalue weighted by Crippen LogP contribution is 2.24. The molecule has 2 N–H and O–H groups in total. The average Bonchev–Trinajstić information content (AvgIpc) is 3.23. The van der Waals surface area contributed by atoms with Crippen LogP contribution in [0.15, 0.2) is 46.5 Å². The van der Waals surface area contributed by atoms with Gasteiger partial charge in [-0.1, -0.05) is 6.07 Å². The summed E-state index contributed by atoms with van der Waals surface area (Å²) in [5, 5.41) is 2.73. The van der Waals surface area contributed by atoms with Crippen LogP contribution in [0.1, 0.15) is 17.4 Å². The van der Waals surface area contributed by atoms with Crippen molar-refractivity contribution in [1.29, 1.82) is 0 Å². The second kappa shape index (κ2) is 9.98. The SMILES string of the molecule is CO[C@H](C)C1C(=O)N(Cc2ccc3c(N)ncnc3c2)CCN1C(=O)/C=C/c1cc(Br)cs1. The molecule has 1 aliphatic rings. The zero-order valence-electron chi connectivity index (χ0n) is 18.3. The monoisotopic (exact) mass is 529 g/mol.